The van der Waals surface area contributed by atoms with Crippen LogP contribution in [0.15, 0.2) is 47.6 Å². The topological polar surface area (TPSA) is 150 Å². The van der Waals surface area contributed by atoms with Gasteiger partial charge in [-0.1, -0.05) is 38.2 Å². The smallest absolute Gasteiger partial charge is 0.405 e. The second kappa shape index (κ2) is 14.7. The fourth-order valence-electron chi connectivity index (χ4n) is 4.77. The lowest BCUT2D eigenvalue weighted by Crippen LogP contribution is -2.37. The Bertz CT molecular complexity index is 1100. The van der Waals surface area contributed by atoms with Crippen molar-refractivity contribution in [2.75, 3.05) is 26.6 Å². The highest BCUT2D eigenvalue weighted by Gasteiger charge is 2.29. The first-order valence-electron chi connectivity index (χ1n) is 12.9. The van der Waals surface area contributed by atoms with E-state index in [-0.39, 0.29) is 23.5 Å². The Balaban J connectivity index is 2.59. The summed E-state index contributed by atoms with van der Waals surface area (Å²) in [4.78, 5) is 24.5. The molecule has 0 saturated carbocycles. The van der Waals surface area contributed by atoms with E-state index < -0.39 is 30.5 Å². The van der Waals surface area contributed by atoms with Crippen LogP contribution in [0.25, 0.3) is 0 Å². The van der Waals surface area contributed by atoms with Crippen molar-refractivity contribution in [2.45, 2.75) is 65.0 Å². The minimum atomic E-state index is -0.968. The number of aliphatic hydroxyl groups is 1. The lowest BCUT2D eigenvalue weighted by Gasteiger charge is -2.29. The van der Waals surface area contributed by atoms with Gasteiger partial charge in [-0.3, -0.25) is 4.79 Å². The number of nitrogens with one attached hydrogen (secondary N) is 1. The molecule has 0 aliphatic carbocycles. The molecular formula is C29H42N2O8. The number of hydrogen-bond acceptors (Lipinski definition) is 8. The van der Waals surface area contributed by atoms with Crippen LogP contribution < -0.4 is 15.8 Å². The minimum Gasteiger partial charge on any atom is -0.504 e. The molecule has 0 aromatic heterocycles. The number of aromatic hydroxyl groups is 1. The van der Waals surface area contributed by atoms with Gasteiger partial charge < -0.3 is 40.2 Å². The zero-order valence-corrected chi connectivity index (χ0v) is 23.8. The van der Waals surface area contributed by atoms with Crippen molar-refractivity contribution < 1.29 is 38.7 Å². The molecule has 2 bridgehead atoms. The van der Waals surface area contributed by atoms with Crippen LogP contribution in [0, 0.1) is 11.8 Å². The van der Waals surface area contributed by atoms with Crippen molar-refractivity contribution in [3.8, 4) is 11.5 Å². The number of amides is 2. The average Bonchev–Trinajstić information content (AvgIpc) is 2.87. The maximum Gasteiger partial charge on any atom is 0.405 e. The number of carbonyl (C=O) groups excluding carboxylic acids is 2. The molecule has 1 aromatic rings. The van der Waals surface area contributed by atoms with Gasteiger partial charge in [0.15, 0.2) is 17.6 Å². The van der Waals surface area contributed by atoms with Gasteiger partial charge in [-0.2, -0.15) is 0 Å². The molecule has 216 valence electrons. The van der Waals surface area contributed by atoms with Crippen LogP contribution in [-0.2, 0) is 25.4 Å². The maximum atomic E-state index is 12.9. The van der Waals surface area contributed by atoms with E-state index in [1.165, 1.54) is 20.3 Å². The average molecular weight is 547 g/mol. The molecule has 10 nitrogen and oxygen atoms in total. The second-order valence-corrected chi connectivity index (χ2v) is 10.0. The van der Waals surface area contributed by atoms with Gasteiger partial charge in [-0.05, 0) is 44.2 Å². The van der Waals surface area contributed by atoms with Crippen LogP contribution in [0.4, 0.5) is 10.5 Å². The zero-order chi connectivity index (χ0) is 29.3. The molecule has 2 rings (SSSR count). The Morgan fingerprint density at radius 2 is 1.82 bits per heavy atom. The first-order valence-corrected chi connectivity index (χ1v) is 12.9. The van der Waals surface area contributed by atoms with E-state index in [2.05, 4.69) is 5.32 Å². The number of benzene rings is 1. The van der Waals surface area contributed by atoms with Crippen LogP contribution in [0.2, 0.25) is 0 Å². The molecule has 1 heterocycles. The van der Waals surface area contributed by atoms with Crippen LogP contribution in [-0.4, -0.2) is 68.0 Å². The Hall–Kier alpha value is -3.34. The van der Waals surface area contributed by atoms with Gasteiger partial charge in [0.2, 0.25) is 0 Å². The van der Waals surface area contributed by atoms with Crippen LogP contribution in [0.3, 0.4) is 0 Å². The Kier molecular flexibility index (Phi) is 12.0. The summed E-state index contributed by atoms with van der Waals surface area (Å²) < 4.78 is 22.0. The predicted molar refractivity (Wildman–Crippen MR) is 149 cm³/mol. The SMILES string of the molecule is COc1c(O)cc2cc1C[C@@H](C)C[C@H](OC)[C@H](O)[C@@H](C)C=C(C)[C@H](OC(N)=O)[C@@H](OC)C=CC=C(C)C(=O)N2. The Morgan fingerprint density at radius 1 is 1.13 bits per heavy atom. The molecule has 0 fully saturated rings. The number of phenolic OH excluding ortho intramolecular Hbond substituents is 1. The van der Waals surface area contributed by atoms with E-state index in [4.69, 9.17) is 24.7 Å². The summed E-state index contributed by atoms with van der Waals surface area (Å²) in [5.41, 5.74) is 7.49. The monoisotopic (exact) mass is 546 g/mol. The third-order valence-electron chi connectivity index (χ3n) is 6.83. The number of ether oxygens (including phenoxy) is 4. The summed E-state index contributed by atoms with van der Waals surface area (Å²) in [6.07, 6.45) is 3.75. The molecule has 2 amide bonds. The molecular weight excluding hydrogens is 504 g/mol. The standard InChI is InChI=1S/C29H42N2O8/c1-16-11-20-14-21(15-22(32)27(20)38-7)31-28(34)17(2)9-8-10-23(36-5)26(39-29(30)35)19(4)13-18(3)25(33)24(12-16)37-6/h8-10,13-16,18,23-26,32-33H,11-12H2,1-7H3,(H2,30,35)(H,31,34)/t16-,18+,23+,24+,25-,26+/m1/s1. The van der Waals surface area contributed by atoms with Gasteiger partial charge in [0, 0.05) is 43.0 Å². The highest BCUT2D eigenvalue weighted by Crippen LogP contribution is 2.36. The molecule has 10 heteroatoms. The summed E-state index contributed by atoms with van der Waals surface area (Å²) >= 11 is 0. The quantitative estimate of drug-likeness (QED) is 0.416. The summed E-state index contributed by atoms with van der Waals surface area (Å²) in [6.45, 7) is 7.27. The van der Waals surface area contributed by atoms with Gasteiger partial charge in [0.05, 0.1) is 19.3 Å². The number of primary amides is 1. The van der Waals surface area contributed by atoms with Gasteiger partial charge in [0.1, 0.15) is 6.10 Å². The van der Waals surface area contributed by atoms with Crippen molar-refractivity contribution in [1.82, 2.24) is 0 Å². The highest BCUT2D eigenvalue weighted by molar-refractivity contribution is 6.03. The van der Waals surface area contributed by atoms with E-state index in [0.29, 0.717) is 41.0 Å². The number of carbonyl (C=O) groups is 2. The van der Waals surface area contributed by atoms with Crippen molar-refractivity contribution in [3.63, 3.8) is 0 Å². The molecule has 1 aliphatic rings. The van der Waals surface area contributed by atoms with Crippen molar-refractivity contribution in [2.24, 2.45) is 17.6 Å². The summed E-state index contributed by atoms with van der Waals surface area (Å²) in [5, 5.41) is 24.5. The number of rotatable bonds is 4. The molecule has 39 heavy (non-hydrogen) atoms. The molecule has 1 aliphatic heterocycles. The molecule has 5 N–H and O–H groups in total. The number of phenols is 1. The normalized spacial score (nSPS) is 27.2. The number of allylic oxidation sites excluding steroid dienone is 2. The van der Waals surface area contributed by atoms with Crippen LogP contribution in [0.5, 0.6) is 11.5 Å². The number of fused-ring (bicyclic) bond motifs is 2. The van der Waals surface area contributed by atoms with E-state index in [0.717, 1.165) is 0 Å². The zero-order valence-electron chi connectivity index (χ0n) is 23.8. The van der Waals surface area contributed by atoms with Crippen LogP contribution >= 0.6 is 0 Å². The fraction of sp³-hybridized carbons (Fsp3) is 0.517. The van der Waals surface area contributed by atoms with E-state index >= 15 is 0 Å². The molecule has 1 aromatic carbocycles. The molecule has 0 unspecified atom stereocenters. The molecule has 6 atom stereocenters. The lowest BCUT2D eigenvalue weighted by atomic mass is 9.88. The van der Waals surface area contributed by atoms with Gasteiger partial charge >= 0.3 is 6.09 Å². The fourth-order valence-corrected chi connectivity index (χ4v) is 4.77. The van der Waals surface area contributed by atoms with Gasteiger partial charge in [-0.25, -0.2) is 4.79 Å². The van der Waals surface area contributed by atoms with E-state index in [9.17, 15) is 19.8 Å². The van der Waals surface area contributed by atoms with Crippen molar-refractivity contribution in [3.05, 3.63) is 53.1 Å². The summed E-state index contributed by atoms with van der Waals surface area (Å²) in [5.74, 6) is -0.486. The number of anilines is 1. The number of aliphatic hydroxyl groups excluding tert-OH is 1. The minimum absolute atomic E-state index is 0.0119. The second-order valence-electron chi connectivity index (χ2n) is 10.0. The maximum absolute atomic E-state index is 12.9. The first-order chi connectivity index (χ1) is 18.4. The number of nitrogens with two attached hydrogens (primary N) is 1. The van der Waals surface area contributed by atoms with Crippen LogP contribution in [0.1, 0.15) is 39.7 Å². The first kappa shape index (κ1) is 31.9. The predicted octanol–water partition coefficient (Wildman–Crippen LogP) is 3.86. The highest BCUT2D eigenvalue weighted by atomic mass is 16.6. The van der Waals surface area contributed by atoms with E-state index in [1.54, 1.807) is 45.3 Å². The summed E-state index contributed by atoms with van der Waals surface area (Å²) in [6, 6.07) is 3.20. The lowest BCUT2D eigenvalue weighted by molar-refractivity contribution is -0.112. The van der Waals surface area contributed by atoms with Crippen molar-refractivity contribution in [1.29, 1.82) is 0 Å². The molecule has 0 saturated heterocycles. The van der Waals surface area contributed by atoms with Crippen molar-refractivity contribution >= 4 is 17.7 Å². The number of hydrogen-bond donors (Lipinski definition) is 4. The van der Waals surface area contributed by atoms with Gasteiger partial charge in [-0.15, -0.1) is 0 Å². The Labute approximate surface area is 230 Å². The Morgan fingerprint density at radius 3 is 2.41 bits per heavy atom. The van der Waals surface area contributed by atoms with Gasteiger partial charge in [0.25, 0.3) is 5.91 Å². The third-order valence-corrected chi connectivity index (χ3v) is 6.83. The molecule has 0 radical (unpaired) electrons. The largest absolute Gasteiger partial charge is 0.504 e. The third kappa shape index (κ3) is 8.84. The van der Waals surface area contributed by atoms with E-state index in [1.807, 2.05) is 19.9 Å². The summed E-state index contributed by atoms with van der Waals surface area (Å²) in [7, 11) is 4.48. The molecule has 0 spiro atoms. The number of methoxy groups -OCH3 is 3.